The number of carbonyl (C=O) groups is 2. The molecule has 0 saturated carbocycles. The number of carbonyl (C=O) groups excluding carboxylic acids is 2. The average molecular weight is 500 g/mol. The molecule has 1 unspecified atom stereocenters. The SMILES string of the molecule is COC/C=C/C(=O)N(C)C(C)c1nc(-c2ccc(C(=O)Nc3ccc(C)cn3)cc2)c2c(N)nccn12. The lowest BCUT2D eigenvalue weighted by Crippen LogP contribution is -2.29. The molecule has 2 amide bonds. The van der Waals surface area contributed by atoms with Gasteiger partial charge in [0.25, 0.3) is 5.91 Å². The molecule has 0 aliphatic carbocycles. The Morgan fingerprint density at radius 2 is 1.95 bits per heavy atom. The van der Waals surface area contributed by atoms with Crippen LogP contribution in [-0.4, -0.2) is 56.8 Å². The second-order valence-electron chi connectivity index (χ2n) is 8.58. The lowest BCUT2D eigenvalue weighted by atomic mass is 10.1. The minimum atomic E-state index is -0.366. The minimum absolute atomic E-state index is 0.177. The maximum atomic E-state index is 12.7. The van der Waals surface area contributed by atoms with Crippen LogP contribution in [0.1, 0.15) is 34.7 Å². The topological polar surface area (TPSA) is 128 Å². The van der Waals surface area contributed by atoms with Gasteiger partial charge in [0.05, 0.1) is 12.6 Å². The largest absolute Gasteiger partial charge is 0.382 e. The van der Waals surface area contributed by atoms with E-state index in [4.69, 9.17) is 15.5 Å². The number of benzene rings is 1. The molecule has 37 heavy (non-hydrogen) atoms. The van der Waals surface area contributed by atoms with Crippen LogP contribution in [0.5, 0.6) is 0 Å². The Labute approximate surface area is 214 Å². The van der Waals surface area contributed by atoms with E-state index in [1.54, 1.807) is 61.9 Å². The van der Waals surface area contributed by atoms with Gasteiger partial charge in [0.15, 0.2) is 0 Å². The number of hydrogen-bond acceptors (Lipinski definition) is 7. The number of aryl methyl sites for hydroxylation is 1. The number of aromatic nitrogens is 4. The van der Waals surface area contributed by atoms with Crippen molar-refractivity contribution in [3.8, 4) is 11.3 Å². The normalized spacial score (nSPS) is 12.1. The second-order valence-corrected chi connectivity index (χ2v) is 8.58. The summed E-state index contributed by atoms with van der Waals surface area (Å²) >= 11 is 0. The highest BCUT2D eigenvalue weighted by Crippen LogP contribution is 2.31. The highest BCUT2D eigenvalue weighted by Gasteiger charge is 2.24. The smallest absolute Gasteiger partial charge is 0.256 e. The second kappa shape index (κ2) is 11.0. The van der Waals surface area contributed by atoms with Crippen molar-refractivity contribution in [2.45, 2.75) is 19.9 Å². The molecule has 0 spiro atoms. The lowest BCUT2D eigenvalue weighted by Gasteiger charge is -2.22. The van der Waals surface area contributed by atoms with Gasteiger partial charge in [-0.05, 0) is 37.6 Å². The Morgan fingerprint density at radius 1 is 1.19 bits per heavy atom. The van der Waals surface area contributed by atoms with Crippen LogP contribution in [-0.2, 0) is 9.53 Å². The zero-order chi connectivity index (χ0) is 26.5. The number of ether oxygens (including phenoxy) is 1. The number of nitrogens with one attached hydrogen (secondary N) is 1. The summed E-state index contributed by atoms with van der Waals surface area (Å²) in [5.41, 5.74) is 9.73. The Bertz CT molecular complexity index is 1440. The number of nitrogens with zero attached hydrogens (tertiary/aromatic N) is 5. The molecule has 0 bridgehead atoms. The molecule has 190 valence electrons. The van der Waals surface area contributed by atoms with Gasteiger partial charge in [-0.2, -0.15) is 0 Å². The Kier molecular flexibility index (Phi) is 7.59. The molecule has 4 rings (SSSR count). The highest BCUT2D eigenvalue weighted by molar-refractivity contribution is 6.04. The summed E-state index contributed by atoms with van der Waals surface area (Å²) in [4.78, 5) is 40.2. The summed E-state index contributed by atoms with van der Waals surface area (Å²) in [5, 5.41) is 2.79. The molecule has 4 aromatic rings. The van der Waals surface area contributed by atoms with Crippen LogP contribution in [0.25, 0.3) is 16.8 Å². The number of fused-ring (bicyclic) bond motifs is 1. The monoisotopic (exact) mass is 499 g/mol. The van der Waals surface area contributed by atoms with Crippen molar-refractivity contribution in [3.05, 3.63) is 84.1 Å². The van der Waals surface area contributed by atoms with Gasteiger partial charge >= 0.3 is 0 Å². The third-order valence-corrected chi connectivity index (χ3v) is 6.01. The van der Waals surface area contributed by atoms with Gasteiger partial charge in [-0.15, -0.1) is 0 Å². The zero-order valence-electron chi connectivity index (χ0n) is 21.2. The van der Waals surface area contributed by atoms with Gasteiger partial charge in [0, 0.05) is 50.0 Å². The van der Waals surface area contributed by atoms with E-state index in [9.17, 15) is 9.59 Å². The number of hydrogen-bond donors (Lipinski definition) is 2. The number of nitrogens with two attached hydrogens (primary N) is 1. The predicted molar refractivity (Wildman–Crippen MR) is 142 cm³/mol. The molecular weight excluding hydrogens is 470 g/mol. The molecule has 0 radical (unpaired) electrons. The van der Waals surface area contributed by atoms with E-state index in [2.05, 4.69) is 15.3 Å². The molecule has 0 saturated heterocycles. The van der Waals surface area contributed by atoms with E-state index < -0.39 is 0 Å². The number of amides is 2. The van der Waals surface area contributed by atoms with Crippen LogP contribution in [0.2, 0.25) is 0 Å². The van der Waals surface area contributed by atoms with Gasteiger partial charge in [-0.3, -0.25) is 14.0 Å². The van der Waals surface area contributed by atoms with Crippen molar-refractivity contribution in [1.82, 2.24) is 24.3 Å². The summed E-state index contributed by atoms with van der Waals surface area (Å²) in [5.74, 6) is 0.970. The number of nitrogen functional groups attached to an aromatic ring is 1. The third-order valence-electron chi connectivity index (χ3n) is 6.01. The molecule has 0 aliphatic heterocycles. The molecule has 10 heteroatoms. The molecular formula is C27H29N7O3. The molecule has 1 atom stereocenters. The summed E-state index contributed by atoms with van der Waals surface area (Å²) in [6.45, 7) is 4.17. The van der Waals surface area contributed by atoms with Crippen molar-refractivity contribution in [1.29, 1.82) is 0 Å². The van der Waals surface area contributed by atoms with Gasteiger partial charge in [0.2, 0.25) is 5.91 Å². The molecule has 1 aromatic carbocycles. The Balaban J connectivity index is 1.64. The quantitative estimate of drug-likeness (QED) is 0.354. The van der Waals surface area contributed by atoms with E-state index in [-0.39, 0.29) is 17.9 Å². The van der Waals surface area contributed by atoms with Crippen molar-refractivity contribution in [2.75, 3.05) is 31.8 Å². The first-order valence-corrected chi connectivity index (χ1v) is 11.7. The first-order chi connectivity index (χ1) is 17.8. The van der Waals surface area contributed by atoms with Crippen LogP contribution in [0, 0.1) is 6.92 Å². The van der Waals surface area contributed by atoms with E-state index in [1.807, 2.05) is 36.4 Å². The molecule has 0 fully saturated rings. The third kappa shape index (κ3) is 5.49. The van der Waals surface area contributed by atoms with E-state index >= 15 is 0 Å². The Hall–Kier alpha value is -4.57. The summed E-state index contributed by atoms with van der Waals surface area (Å²) in [6, 6.07) is 10.3. The van der Waals surface area contributed by atoms with Crippen LogP contribution in [0.4, 0.5) is 11.6 Å². The van der Waals surface area contributed by atoms with Gasteiger partial charge in [-0.25, -0.2) is 15.0 Å². The Morgan fingerprint density at radius 3 is 2.62 bits per heavy atom. The number of rotatable bonds is 8. The summed E-state index contributed by atoms with van der Waals surface area (Å²) in [6.07, 6.45) is 8.19. The first-order valence-electron chi connectivity index (χ1n) is 11.7. The van der Waals surface area contributed by atoms with Crippen molar-refractivity contribution in [3.63, 3.8) is 0 Å². The zero-order valence-corrected chi connectivity index (χ0v) is 21.2. The highest BCUT2D eigenvalue weighted by atomic mass is 16.5. The van der Waals surface area contributed by atoms with Crippen LogP contribution >= 0.6 is 0 Å². The fourth-order valence-electron chi connectivity index (χ4n) is 3.82. The maximum Gasteiger partial charge on any atom is 0.256 e. The summed E-state index contributed by atoms with van der Waals surface area (Å²) < 4.78 is 6.82. The van der Waals surface area contributed by atoms with Gasteiger partial charge < -0.3 is 20.7 Å². The maximum absolute atomic E-state index is 12.7. The van der Waals surface area contributed by atoms with Gasteiger partial charge in [0.1, 0.15) is 28.7 Å². The standard InChI is InChI=1S/C27H29N7O3/c1-17-7-12-21(30-16-17)31-27(36)20-10-8-19(9-11-20)23-24-25(28)29-13-14-34(24)26(32-23)18(2)33(3)22(35)6-5-15-37-4/h5-14,16,18H,15H2,1-4H3,(H2,28,29)(H,30,31,36)/b6-5+. The molecule has 3 N–H and O–H groups in total. The molecule has 0 aliphatic rings. The molecule has 10 nitrogen and oxygen atoms in total. The molecule has 3 heterocycles. The molecule has 3 aromatic heterocycles. The van der Waals surface area contributed by atoms with E-state index in [1.165, 1.54) is 6.08 Å². The van der Waals surface area contributed by atoms with Crippen molar-refractivity contribution in [2.24, 2.45) is 0 Å². The predicted octanol–water partition coefficient (Wildman–Crippen LogP) is 3.66. The average Bonchev–Trinajstić information content (AvgIpc) is 3.30. The lowest BCUT2D eigenvalue weighted by molar-refractivity contribution is -0.126. The van der Waals surface area contributed by atoms with E-state index in [0.717, 1.165) is 11.1 Å². The summed E-state index contributed by atoms with van der Waals surface area (Å²) in [7, 11) is 3.28. The van der Waals surface area contributed by atoms with Crippen molar-refractivity contribution >= 4 is 29.0 Å². The number of pyridine rings is 1. The van der Waals surface area contributed by atoms with Crippen molar-refractivity contribution < 1.29 is 14.3 Å². The minimum Gasteiger partial charge on any atom is -0.382 e. The number of imidazole rings is 1. The van der Waals surface area contributed by atoms with Crippen LogP contribution in [0.3, 0.4) is 0 Å². The van der Waals surface area contributed by atoms with Gasteiger partial charge in [-0.1, -0.05) is 24.3 Å². The fraction of sp³-hybridized carbons (Fsp3) is 0.222. The number of anilines is 2. The first kappa shape index (κ1) is 25.5. The fourth-order valence-corrected chi connectivity index (χ4v) is 3.82. The van der Waals surface area contributed by atoms with E-state index in [0.29, 0.717) is 40.8 Å². The number of likely N-dealkylation sites (N-methyl/N-ethyl adjacent to an activating group) is 1. The number of methoxy groups -OCH3 is 1. The van der Waals surface area contributed by atoms with Crippen LogP contribution < -0.4 is 11.1 Å². The van der Waals surface area contributed by atoms with Crippen LogP contribution in [0.15, 0.2) is 67.1 Å².